The fraction of sp³-hybridized carbons (Fsp3) is 0.514. The summed E-state index contributed by atoms with van der Waals surface area (Å²) in [6.07, 6.45) is -6.97. The summed E-state index contributed by atoms with van der Waals surface area (Å²) >= 11 is 6.81. The van der Waals surface area contributed by atoms with E-state index in [-0.39, 0.29) is 44.2 Å². The highest BCUT2D eigenvalue weighted by Gasteiger charge is 2.58. The molecule has 2 aromatic heterocycles. The maximum Gasteiger partial charge on any atom is 0.425 e. The van der Waals surface area contributed by atoms with Crippen LogP contribution in [0.3, 0.4) is 0 Å². The Hall–Kier alpha value is -3.89. The maximum atomic E-state index is 15.5. The average Bonchev–Trinajstić information content (AvgIpc) is 3.63. The van der Waals surface area contributed by atoms with Crippen LogP contribution in [0.1, 0.15) is 83.5 Å². The van der Waals surface area contributed by atoms with E-state index in [1.54, 1.807) is 37.1 Å². The van der Waals surface area contributed by atoms with E-state index in [1.807, 2.05) is 0 Å². The number of methoxy groups -OCH3 is 1. The first-order valence-electron chi connectivity index (χ1n) is 17.7. The SMILES string of the molecule is CCC[C@H]1N(C(=O)c2ncccc2C(F)(F)F)CCC[C@@]1(Oc1csc(C(F)(F)F)c1)C(=O)N1CCc2ccc(Cl)cc2[C@@H]1C(=O)N1CCC(OC)CC1. The molecular weight excluding hydrogens is 762 g/mol. The summed E-state index contributed by atoms with van der Waals surface area (Å²) in [6.45, 7) is 2.36. The number of hydrogen-bond donors (Lipinski definition) is 0. The topological polar surface area (TPSA) is 92.3 Å². The molecule has 17 heteroatoms. The van der Waals surface area contributed by atoms with Gasteiger partial charge in [0, 0.05) is 62.4 Å². The zero-order valence-corrected chi connectivity index (χ0v) is 31.1. The number of amides is 3. The molecule has 3 amide bonds. The third-order valence-corrected chi connectivity index (χ3v) is 11.6. The number of fused-ring (bicyclic) bond motifs is 1. The highest BCUT2D eigenvalue weighted by atomic mass is 35.5. The summed E-state index contributed by atoms with van der Waals surface area (Å²) < 4.78 is 95.8. The van der Waals surface area contributed by atoms with Crippen LogP contribution in [-0.2, 0) is 33.1 Å². The van der Waals surface area contributed by atoms with Crippen molar-refractivity contribution in [3.8, 4) is 5.75 Å². The van der Waals surface area contributed by atoms with E-state index >= 15 is 4.79 Å². The second-order valence-corrected chi connectivity index (χ2v) is 15.0. The van der Waals surface area contributed by atoms with Crippen LogP contribution in [0, 0.1) is 0 Å². The first kappa shape index (κ1) is 39.8. The van der Waals surface area contributed by atoms with Gasteiger partial charge in [0.05, 0.1) is 17.7 Å². The molecule has 3 aliphatic heterocycles. The van der Waals surface area contributed by atoms with Crippen LogP contribution in [0.25, 0.3) is 0 Å². The number of aromatic nitrogens is 1. The number of piperidine rings is 2. The van der Waals surface area contributed by atoms with Crippen molar-refractivity contribution < 1.29 is 50.2 Å². The molecular formula is C37H39ClF6N4O5S. The van der Waals surface area contributed by atoms with Crippen LogP contribution in [0.2, 0.25) is 5.02 Å². The largest absolute Gasteiger partial charge is 0.474 e. The van der Waals surface area contributed by atoms with Gasteiger partial charge in [-0.15, -0.1) is 11.3 Å². The van der Waals surface area contributed by atoms with Crippen LogP contribution in [0.15, 0.2) is 48.0 Å². The van der Waals surface area contributed by atoms with Crippen LogP contribution in [0.5, 0.6) is 5.75 Å². The van der Waals surface area contributed by atoms with Gasteiger partial charge in [-0.3, -0.25) is 19.4 Å². The Morgan fingerprint density at radius 3 is 2.39 bits per heavy atom. The van der Waals surface area contributed by atoms with Gasteiger partial charge >= 0.3 is 12.4 Å². The number of carbonyl (C=O) groups is 3. The molecule has 292 valence electrons. The smallest absolute Gasteiger partial charge is 0.425 e. The molecule has 54 heavy (non-hydrogen) atoms. The van der Waals surface area contributed by atoms with Crippen LogP contribution < -0.4 is 4.74 Å². The fourth-order valence-electron chi connectivity index (χ4n) is 7.87. The molecule has 6 rings (SSSR count). The Labute approximate surface area is 317 Å². The lowest BCUT2D eigenvalue weighted by molar-refractivity contribution is -0.167. The molecule has 0 spiro atoms. The van der Waals surface area contributed by atoms with Crippen molar-refractivity contribution in [3.63, 3.8) is 0 Å². The third-order valence-electron chi connectivity index (χ3n) is 10.4. The van der Waals surface area contributed by atoms with Crippen molar-refractivity contribution in [2.45, 2.75) is 88.0 Å². The Kier molecular flexibility index (Phi) is 11.6. The second kappa shape index (κ2) is 15.7. The van der Waals surface area contributed by atoms with E-state index < -0.39 is 63.9 Å². The van der Waals surface area contributed by atoms with E-state index in [4.69, 9.17) is 21.1 Å². The van der Waals surface area contributed by atoms with Crippen LogP contribution >= 0.6 is 22.9 Å². The van der Waals surface area contributed by atoms with Crippen LogP contribution in [0.4, 0.5) is 26.3 Å². The molecule has 5 heterocycles. The summed E-state index contributed by atoms with van der Waals surface area (Å²) in [5, 5.41) is 1.42. The van der Waals surface area contributed by atoms with Crippen molar-refractivity contribution in [1.29, 1.82) is 0 Å². The maximum absolute atomic E-state index is 15.5. The number of benzene rings is 1. The van der Waals surface area contributed by atoms with Crippen molar-refractivity contribution in [2.24, 2.45) is 0 Å². The quantitative estimate of drug-likeness (QED) is 0.216. The van der Waals surface area contributed by atoms with Gasteiger partial charge in [-0.05, 0) is 67.5 Å². The number of hydrogen-bond acceptors (Lipinski definition) is 7. The van der Waals surface area contributed by atoms with E-state index in [2.05, 4.69) is 4.98 Å². The number of ether oxygens (including phenoxy) is 2. The predicted molar refractivity (Wildman–Crippen MR) is 187 cm³/mol. The standard InChI is InChI=1S/C37H39ClF6N4O5S/c1-3-6-28-35(53-25-20-29(54-21-25)37(42,43)44,13-5-15-47(28)32(49)30-27(36(39,40)41)7-4-14-45-30)34(51)48-18-10-22-8-9-23(38)19-26(22)31(48)33(50)46-16-11-24(52-2)12-17-46/h4,7-9,14,19-21,24,28,31H,3,5-6,10-13,15-18H2,1-2H3/t28-,31-,35+/m1/s1. The van der Waals surface area contributed by atoms with Gasteiger partial charge in [0.2, 0.25) is 11.5 Å². The summed E-state index contributed by atoms with van der Waals surface area (Å²) in [6, 6.07) is 5.15. The molecule has 0 unspecified atom stereocenters. The molecule has 0 saturated carbocycles. The molecule has 2 saturated heterocycles. The molecule has 0 radical (unpaired) electrons. The van der Waals surface area contributed by atoms with Crippen molar-refractivity contribution in [3.05, 3.63) is 80.3 Å². The number of nitrogens with zero attached hydrogens (tertiary/aromatic N) is 4. The zero-order chi connectivity index (χ0) is 39.0. The Morgan fingerprint density at radius 1 is 1.00 bits per heavy atom. The number of likely N-dealkylation sites (tertiary alicyclic amines) is 2. The number of pyridine rings is 1. The second-order valence-electron chi connectivity index (χ2n) is 13.7. The average molecular weight is 801 g/mol. The number of thiophene rings is 1. The number of halogens is 7. The molecule has 2 fully saturated rings. The van der Waals surface area contributed by atoms with Gasteiger partial charge in [-0.1, -0.05) is 31.0 Å². The minimum atomic E-state index is -4.93. The molecule has 9 nitrogen and oxygen atoms in total. The van der Waals surface area contributed by atoms with Crippen LogP contribution in [-0.4, -0.2) is 88.4 Å². The highest BCUT2D eigenvalue weighted by molar-refractivity contribution is 7.10. The van der Waals surface area contributed by atoms with Gasteiger partial charge < -0.3 is 24.2 Å². The lowest BCUT2D eigenvalue weighted by atomic mass is 9.78. The normalized spacial score (nSPS) is 22.6. The first-order chi connectivity index (χ1) is 25.6. The van der Waals surface area contributed by atoms with Gasteiger partial charge in [0.25, 0.3) is 11.8 Å². The van der Waals surface area contributed by atoms with Gasteiger partial charge in [0.15, 0.2) is 0 Å². The molecule has 0 bridgehead atoms. The minimum absolute atomic E-state index is 0.00616. The summed E-state index contributed by atoms with van der Waals surface area (Å²) in [5.41, 5.74) is -3.01. The van der Waals surface area contributed by atoms with Crippen molar-refractivity contribution in [1.82, 2.24) is 19.7 Å². The highest BCUT2D eigenvalue weighted by Crippen LogP contribution is 2.45. The zero-order valence-electron chi connectivity index (χ0n) is 29.5. The monoisotopic (exact) mass is 800 g/mol. The van der Waals surface area contributed by atoms with E-state index in [1.165, 1.54) is 4.90 Å². The van der Waals surface area contributed by atoms with Gasteiger partial charge in [0.1, 0.15) is 22.4 Å². The molecule has 1 aromatic carbocycles. The van der Waals surface area contributed by atoms with Gasteiger partial charge in [-0.25, -0.2) is 0 Å². The number of alkyl halides is 6. The summed E-state index contributed by atoms with van der Waals surface area (Å²) in [4.78, 5) is 51.2. The number of rotatable bonds is 8. The molecule has 3 aromatic rings. The van der Waals surface area contributed by atoms with Gasteiger partial charge in [-0.2, -0.15) is 26.3 Å². The van der Waals surface area contributed by atoms with Crippen molar-refractivity contribution >= 4 is 40.7 Å². The molecule has 0 N–H and O–H groups in total. The first-order valence-corrected chi connectivity index (χ1v) is 18.9. The summed E-state index contributed by atoms with van der Waals surface area (Å²) in [5.74, 6) is -2.57. The van der Waals surface area contributed by atoms with E-state index in [0.29, 0.717) is 60.7 Å². The minimum Gasteiger partial charge on any atom is -0.474 e. The lowest BCUT2D eigenvalue weighted by Crippen LogP contribution is -2.69. The fourth-order valence-corrected chi connectivity index (χ4v) is 8.73. The molecule has 0 aliphatic carbocycles. The van der Waals surface area contributed by atoms with E-state index in [9.17, 15) is 35.9 Å². The molecule has 3 aliphatic rings. The Bertz CT molecular complexity index is 1870. The van der Waals surface area contributed by atoms with E-state index in [0.717, 1.165) is 40.2 Å². The third kappa shape index (κ3) is 7.79. The predicted octanol–water partition coefficient (Wildman–Crippen LogP) is 7.82. The number of carbonyl (C=O) groups excluding carboxylic acids is 3. The summed E-state index contributed by atoms with van der Waals surface area (Å²) in [7, 11) is 1.59. The molecule has 3 atom stereocenters. The Balaban J connectivity index is 1.48. The Morgan fingerprint density at radius 2 is 1.74 bits per heavy atom. The lowest BCUT2D eigenvalue weighted by Gasteiger charge is -2.51. The van der Waals surface area contributed by atoms with Crippen molar-refractivity contribution in [2.75, 3.05) is 33.3 Å².